The van der Waals surface area contributed by atoms with Crippen LogP contribution in [0.2, 0.25) is 0 Å². The number of ether oxygens (including phenoxy) is 3. The third-order valence-electron chi connectivity index (χ3n) is 15.0. The lowest BCUT2D eigenvalue weighted by Crippen LogP contribution is -2.30. The van der Waals surface area contributed by atoms with E-state index in [1.165, 1.54) is 193 Å². The topological polar surface area (TPSA) is 78.9 Å². The van der Waals surface area contributed by atoms with E-state index in [-0.39, 0.29) is 37.5 Å². The van der Waals surface area contributed by atoms with Crippen molar-refractivity contribution < 1.29 is 28.6 Å². The Labute approximate surface area is 502 Å². The van der Waals surface area contributed by atoms with Crippen molar-refractivity contribution in [3.05, 3.63) is 97.2 Å². The average Bonchev–Trinajstić information content (AvgIpc) is 3.47. The standard InChI is InChI=1S/C75H130O6/c1-4-7-10-13-16-19-22-25-28-30-31-32-33-34-35-36-37-38-39-40-41-42-43-45-47-50-53-56-59-62-65-68-74(77)80-71-72(70-79-73(76)67-64-61-58-55-52-49-46-27-24-21-18-15-12-9-6-3)81-75(78)69-66-63-60-57-54-51-48-44-29-26-23-20-17-14-11-8-5-2/h8,11,17-18,20-21,26-27,29-31,46,48,51,57,60,72H,4-7,9-10,12-16,19,22-25,28,32-45,47,49-50,52-56,58-59,61-71H2,1-3H3/b11-8-,20-17-,21-18-,29-26-,31-30-,46-27-,51-48-,60-57-. The molecule has 0 radical (unpaired) electrons. The van der Waals surface area contributed by atoms with Crippen molar-refractivity contribution in [2.24, 2.45) is 0 Å². The van der Waals surface area contributed by atoms with Crippen LogP contribution in [0.4, 0.5) is 0 Å². The van der Waals surface area contributed by atoms with Gasteiger partial charge in [0, 0.05) is 19.3 Å². The van der Waals surface area contributed by atoms with Gasteiger partial charge in [-0.2, -0.15) is 0 Å². The number of carbonyl (C=O) groups excluding carboxylic acids is 3. The van der Waals surface area contributed by atoms with Crippen LogP contribution in [0.25, 0.3) is 0 Å². The summed E-state index contributed by atoms with van der Waals surface area (Å²) in [6.45, 7) is 6.47. The summed E-state index contributed by atoms with van der Waals surface area (Å²) < 4.78 is 16.9. The highest BCUT2D eigenvalue weighted by Gasteiger charge is 2.19. The molecule has 1 unspecified atom stereocenters. The van der Waals surface area contributed by atoms with Gasteiger partial charge in [0.2, 0.25) is 0 Å². The fraction of sp³-hybridized carbons (Fsp3) is 0.747. The van der Waals surface area contributed by atoms with Gasteiger partial charge < -0.3 is 14.2 Å². The normalized spacial score (nSPS) is 12.7. The second-order valence-electron chi connectivity index (χ2n) is 23.1. The minimum Gasteiger partial charge on any atom is -0.462 e. The predicted molar refractivity (Wildman–Crippen MR) is 353 cm³/mol. The highest BCUT2D eigenvalue weighted by atomic mass is 16.6. The van der Waals surface area contributed by atoms with E-state index in [2.05, 4.69) is 118 Å². The molecule has 0 aliphatic heterocycles. The molecule has 0 fully saturated rings. The van der Waals surface area contributed by atoms with Crippen LogP contribution in [0.1, 0.15) is 342 Å². The molecule has 0 spiro atoms. The summed E-state index contributed by atoms with van der Waals surface area (Å²) in [5.74, 6) is -0.964. The molecular formula is C75H130O6. The Morgan fingerprint density at radius 1 is 0.259 bits per heavy atom. The molecule has 0 aromatic carbocycles. The van der Waals surface area contributed by atoms with E-state index in [0.717, 1.165) is 103 Å². The van der Waals surface area contributed by atoms with E-state index in [0.29, 0.717) is 19.3 Å². The summed E-state index contributed by atoms with van der Waals surface area (Å²) in [6.07, 6.45) is 93.1. The van der Waals surface area contributed by atoms with Gasteiger partial charge >= 0.3 is 17.9 Å². The Hall–Kier alpha value is -3.67. The van der Waals surface area contributed by atoms with Crippen LogP contribution >= 0.6 is 0 Å². The maximum absolute atomic E-state index is 12.9. The van der Waals surface area contributed by atoms with Crippen LogP contribution in [0.3, 0.4) is 0 Å². The number of unbranched alkanes of at least 4 members (excludes halogenated alkanes) is 36. The van der Waals surface area contributed by atoms with E-state index in [9.17, 15) is 14.4 Å². The van der Waals surface area contributed by atoms with Gasteiger partial charge in [0.1, 0.15) is 13.2 Å². The lowest BCUT2D eigenvalue weighted by Gasteiger charge is -2.18. The van der Waals surface area contributed by atoms with Gasteiger partial charge in [-0.3, -0.25) is 14.4 Å². The molecule has 0 N–H and O–H groups in total. The molecule has 0 aliphatic rings. The number of carbonyl (C=O) groups is 3. The van der Waals surface area contributed by atoms with Crippen LogP contribution in [0.5, 0.6) is 0 Å². The third kappa shape index (κ3) is 67.0. The minimum atomic E-state index is -0.814. The number of hydrogen-bond donors (Lipinski definition) is 0. The quantitative estimate of drug-likeness (QED) is 0.0261. The van der Waals surface area contributed by atoms with Crippen molar-refractivity contribution >= 4 is 17.9 Å². The summed E-state index contributed by atoms with van der Waals surface area (Å²) in [5.41, 5.74) is 0. The molecule has 0 rings (SSSR count). The molecule has 1 atom stereocenters. The van der Waals surface area contributed by atoms with Crippen LogP contribution in [-0.2, 0) is 28.6 Å². The number of allylic oxidation sites excluding steroid dienone is 16. The fourth-order valence-corrected chi connectivity index (χ4v) is 9.86. The van der Waals surface area contributed by atoms with Crippen molar-refractivity contribution in [1.82, 2.24) is 0 Å². The number of rotatable bonds is 63. The molecule has 0 aromatic heterocycles. The molecule has 466 valence electrons. The van der Waals surface area contributed by atoms with E-state index in [1.807, 2.05) is 0 Å². The summed E-state index contributed by atoms with van der Waals surface area (Å²) in [4.78, 5) is 38.3. The molecule has 6 heteroatoms. The molecule has 0 aliphatic carbocycles. The van der Waals surface area contributed by atoms with Crippen molar-refractivity contribution in [3.63, 3.8) is 0 Å². The monoisotopic (exact) mass is 1130 g/mol. The number of esters is 3. The van der Waals surface area contributed by atoms with E-state index in [4.69, 9.17) is 14.2 Å². The molecule has 0 heterocycles. The summed E-state index contributed by atoms with van der Waals surface area (Å²) in [6, 6.07) is 0. The zero-order chi connectivity index (χ0) is 58.5. The van der Waals surface area contributed by atoms with Crippen molar-refractivity contribution in [1.29, 1.82) is 0 Å². The second kappa shape index (κ2) is 68.8. The van der Waals surface area contributed by atoms with Crippen LogP contribution in [0.15, 0.2) is 97.2 Å². The summed E-state index contributed by atoms with van der Waals surface area (Å²) in [5, 5.41) is 0. The van der Waals surface area contributed by atoms with E-state index < -0.39 is 6.10 Å². The highest BCUT2D eigenvalue weighted by molar-refractivity contribution is 5.71. The molecule has 81 heavy (non-hydrogen) atoms. The van der Waals surface area contributed by atoms with Crippen LogP contribution < -0.4 is 0 Å². The maximum atomic E-state index is 12.9. The smallest absolute Gasteiger partial charge is 0.306 e. The maximum Gasteiger partial charge on any atom is 0.306 e. The zero-order valence-electron chi connectivity index (χ0n) is 53.5. The lowest BCUT2D eigenvalue weighted by atomic mass is 10.0. The van der Waals surface area contributed by atoms with Gasteiger partial charge in [0.15, 0.2) is 6.10 Å². The Morgan fingerprint density at radius 2 is 0.494 bits per heavy atom. The highest BCUT2D eigenvalue weighted by Crippen LogP contribution is 2.17. The number of hydrogen-bond acceptors (Lipinski definition) is 6. The molecule has 0 bridgehead atoms. The van der Waals surface area contributed by atoms with Gasteiger partial charge in [-0.25, -0.2) is 0 Å². The first kappa shape index (κ1) is 77.3. The predicted octanol–water partition coefficient (Wildman–Crippen LogP) is 24.0. The van der Waals surface area contributed by atoms with Gasteiger partial charge in [-0.15, -0.1) is 0 Å². The van der Waals surface area contributed by atoms with Gasteiger partial charge in [0.25, 0.3) is 0 Å². The largest absolute Gasteiger partial charge is 0.462 e. The Kier molecular flexibility index (Phi) is 65.7. The Balaban J connectivity index is 4.26. The fourth-order valence-electron chi connectivity index (χ4n) is 9.86. The van der Waals surface area contributed by atoms with Crippen molar-refractivity contribution in [3.8, 4) is 0 Å². The van der Waals surface area contributed by atoms with Gasteiger partial charge in [-0.05, 0) is 116 Å². The van der Waals surface area contributed by atoms with Crippen molar-refractivity contribution in [2.75, 3.05) is 13.2 Å². The van der Waals surface area contributed by atoms with E-state index >= 15 is 0 Å². The SMILES string of the molecule is CC/C=C\C/C=C\C/C=C\C/C=C\C/C=C\CCCC(=O)OC(COC(=O)CCCCCCC/C=C\C/C=C\CCCCC)COC(=O)CCCCCCCCCCCCCCCCCCCCC/C=C\CCCCCCCCCC. The molecule has 0 aromatic rings. The Morgan fingerprint density at radius 3 is 0.827 bits per heavy atom. The van der Waals surface area contributed by atoms with Crippen LogP contribution in [-0.4, -0.2) is 37.2 Å². The van der Waals surface area contributed by atoms with Crippen LogP contribution in [0, 0.1) is 0 Å². The zero-order valence-corrected chi connectivity index (χ0v) is 53.5. The first-order chi connectivity index (χ1) is 40.0. The second-order valence-corrected chi connectivity index (χ2v) is 23.1. The summed E-state index contributed by atoms with van der Waals surface area (Å²) >= 11 is 0. The lowest BCUT2D eigenvalue weighted by molar-refractivity contribution is -0.167. The van der Waals surface area contributed by atoms with Gasteiger partial charge in [0.05, 0.1) is 0 Å². The summed E-state index contributed by atoms with van der Waals surface area (Å²) in [7, 11) is 0. The Bertz CT molecular complexity index is 1580. The first-order valence-corrected chi connectivity index (χ1v) is 34.7. The molecule has 6 nitrogen and oxygen atoms in total. The molecule has 0 saturated heterocycles. The van der Waals surface area contributed by atoms with E-state index in [1.54, 1.807) is 0 Å². The molecule has 0 saturated carbocycles. The van der Waals surface area contributed by atoms with Gasteiger partial charge in [-0.1, -0.05) is 304 Å². The average molecular weight is 1130 g/mol. The third-order valence-corrected chi connectivity index (χ3v) is 15.0. The van der Waals surface area contributed by atoms with Crippen molar-refractivity contribution in [2.45, 2.75) is 348 Å². The molecule has 0 amide bonds. The minimum absolute atomic E-state index is 0.103. The first-order valence-electron chi connectivity index (χ1n) is 34.7. The molecular weight excluding hydrogens is 997 g/mol.